The van der Waals surface area contributed by atoms with Crippen molar-refractivity contribution in [3.63, 3.8) is 0 Å². The number of carbonyl (C=O) groups excluding carboxylic acids is 1. The highest BCUT2D eigenvalue weighted by Crippen LogP contribution is 2.28. The maximum absolute atomic E-state index is 11.4. The quantitative estimate of drug-likeness (QED) is 0.792. The SMILES string of the molecule is O=Cc1c(N2CCN3CCCCC3C2)nc2sccn12. The van der Waals surface area contributed by atoms with E-state index in [9.17, 15) is 4.79 Å². The maximum atomic E-state index is 11.4. The number of carbonyl (C=O) groups is 1. The molecule has 6 heteroatoms. The monoisotopic (exact) mass is 290 g/mol. The molecule has 2 aromatic heterocycles. The second kappa shape index (κ2) is 4.86. The van der Waals surface area contributed by atoms with Crippen LogP contribution in [-0.2, 0) is 0 Å². The van der Waals surface area contributed by atoms with E-state index in [0.29, 0.717) is 11.7 Å². The van der Waals surface area contributed by atoms with Gasteiger partial charge in [0.1, 0.15) is 5.69 Å². The van der Waals surface area contributed by atoms with E-state index in [0.717, 1.165) is 36.7 Å². The largest absolute Gasteiger partial charge is 0.352 e. The van der Waals surface area contributed by atoms with E-state index in [1.165, 1.54) is 25.8 Å². The molecule has 0 bridgehead atoms. The summed E-state index contributed by atoms with van der Waals surface area (Å²) in [5, 5.41) is 1.97. The van der Waals surface area contributed by atoms with Gasteiger partial charge in [-0.2, -0.15) is 0 Å². The van der Waals surface area contributed by atoms with Crippen LogP contribution in [0.4, 0.5) is 5.82 Å². The van der Waals surface area contributed by atoms with Crippen LogP contribution in [0.1, 0.15) is 29.8 Å². The molecule has 0 radical (unpaired) electrons. The Morgan fingerprint density at radius 1 is 1.30 bits per heavy atom. The molecule has 0 aliphatic carbocycles. The topological polar surface area (TPSA) is 40.9 Å². The van der Waals surface area contributed by atoms with Crippen molar-refractivity contribution in [3.8, 4) is 0 Å². The number of anilines is 1. The minimum absolute atomic E-state index is 0.636. The first-order chi connectivity index (χ1) is 9.86. The lowest BCUT2D eigenvalue weighted by Crippen LogP contribution is -2.55. The van der Waals surface area contributed by atoms with Crippen molar-refractivity contribution in [2.75, 3.05) is 31.1 Å². The van der Waals surface area contributed by atoms with Crippen LogP contribution in [0, 0.1) is 0 Å². The normalized spacial score (nSPS) is 24.0. The molecule has 4 heterocycles. The van der Waals surface area contributed by atoms with Crippen LogP contribution in [0.3, 0.4) is 0 Å². The summed E-state index contributed by atoms with van der Waals surface area (Å²) in [6.07, 6.45) is 6.80. The van der Waals surface area contributed by atoms with E-state index in [4.69, 9.17) is 0 Å². The number of fused-ring (bicyclic) bond motifs is 2. The Kier molecular flexibility index (Phi) is 3.00. The van der Waals surface area contributed by atoms with Gasteiger partial charge in [-0.3, -0.25) is 14.1 Å². The van der Waals surface area contributed by atoms with Gasteiger partial charge in [0.15, 0.2) is 17.1 Å². The molecule has 2 aliphatic heterocycles. The lowest BCUT2D eigenvalue weighted by atomic mass is 9.99. The molecule has 0 saturated carbocycles. The molecule has 4 rings (SSSR count). The molecule has 2 fully saturated rings. The number of hydrogen-bond donors (Lipinski definition) is 0. The zero-order chi connectivity index (χ0) is 13.5. The van der Waals surface area contributed by atoms with Gasteiger partial charge in [0.05, 0.1) is 0 Å². The summed E-state index contributed by atoms with van der Waals surface area (Å²) < 4.78 is 1.90. The van der Waals surface area contributed by atoms with E-state index >= 15 is 0 Å². The molecule has 5 nitrogen and oxygen atoms in total. The van der Waals surface area contributed by atoms with Crippen LogP contribution >= 0.6 is 11.3 Å². The number of aldehydes is 1. The van der Waals surface area contributed by atoms with E-state index in [1.807, 2.05) is 16.0 Å². The molecule has 106 valence electrons. The van der Waals surface area contributed by atoms with Crippen molar-refractivity contribution >= 4 is 28.4 Å². The van der Waals surface area contributed by atoms with Crippen LogP contribution in [0.2, 0.25) is 0 Å². The van der Waals surface area contributed by atoms with Crippen LogP contribution < -0.4 is 4.90 Å². The number of hydrogen-bond acceptors (Lipinski definition) is 5. The van der Waals surface area contributed by atoms with Gasteiger partial charge >= 0.3 is 0 Å². The van der Waals surface area contributed by atoms with Gasteiger partial charge in [-0.25, -0.2) is 4.98 Å². The smallest absolute Gasteiger partial charge is 0.196 e. The summed E-state index contributed by atoms with van der Waals surface area (Å²) in [6.45, 7) is 4.30. The van der Waals surface area contributed by atoms with Crippen LogP contribution in [0.5, 0.6) is 0 Å². The first kappa shape index (κ1) is 12.3. The van der Waals surface area contributed by atoms with Crippen LogP contribution in [0.15, 0.2) is 11.6 Å². The molecule has 0 amide bonds. The lowest BCUT2D eigenvalue weighted by Gasteiger charge is -2.44. The molecular weight excluding hydrogens is 272 g/mol. The third-order valence-electron chi connectivity index (χ3n) is 4.53. The summed E-state index contributed by atoms with van der Waals surface area (Å²) in [5.41, 5.74) is 0.700. The summed E-state index contributed by atoms with van der Waals surface area (Å²) in [5.74, 6) is 0.872. The highest BCUT2D eigenvalue weighted by atomic mass is 32.1. The second-order valence-corrected chi connectivity index (χ2v) is 6.50. The number of thiazole rings is 1. The Labute approximate surface area is 121 Å². The van der Waals surface area contributed by atoms with E-state index < -0.39 is 0 Å². The predicted octanol–water partition coefficient (Wildman–Crippen LogP) is 1.88. The maximum Gasteiger partial charge on any atom is 0.196 e. The summed E-state index contributed by atoms with van der Waals surface area (Å²) in [6, 6.07) is 0.636. The van der Waals surface area contributed by atoms with Crippen molar-refractivity contribution in [2.45, 2.75) is 25.3 Å². The number of imidazole rings is 1. The van der Waals surface area contributed by atoms with Crippen molar-refractivity contribution in [1.82, 2.24) is 14.3 Å². The van der Waals surface area contributed by atoms with E-state index in [1.54, 1.807) is 11.3 Å². The van der Waals surface area contributed by atoms with Gasteiger partial charge in [0.2, 0.25) is 0 Å². The van der Waals surface area contributed by atoms with Gasteiger partial charge < -0.3 is 4.90 Å². The molecule has 0 aromatic carbocycles. The van der Waals surface area contributed by atoms with Gasteiger partial charge in [0.25, 0.3) is 0 Å². The minimum Gasteiger partial charge on any atom is -0.352 e. The minimum atomic E-state index is 0.636. The summed E-state index contributed by atoms with van der Waals surface area (Å²) in [4.78, 5) is 21.9. The zero-order valence-corrected chi connectivity index (χ0v) is 12.2. The summed E-state index contributed by atoms with van der Waals surface area (Å²) >= 11 is 1.58. The fourth-order valence-electron chi connectivity index (χ4n) is 3.48. The number of piperidine rings is 1. The molecule has 20 heavy (non-hydrogen) atoms. The molecule has 2 saturated heterocycles. The highest BCUT2D eigenvalue weighted by Gasteiger charge is 2.31. The van der Waals surface area contributed by atoms with Gasteiger partial charge in [-0.15, -0.1) is 11.3 Å². The first-order valence-electron chi connectivity index (χ1n) is 7.26. The molecular formula is C14H18N4OS. The highest BCUT2D eigenvalue weighted by molar-refractivity contribution is 7.15. The van der Waals surface area contributed by atoms with Crippen molar-refractivity contribution < 1.29 is 4.79 Å². The molecule has 1 unspecified atom stereocenters. The lowest BCUT2D eigenvalue weighted by molar-refractivity contribution is 0.111. The van der Waals surface area contributed by atoms with Gasteiger partial charge in [0, 0.05) is 37.3 Å². The zero-order valence-electron chi connectivity index (χ0n) is 11.4. The average Bonchev–Trinajstić information content (AvgIpc) is 3.07. The predicted molar refractivity (Wildman–Crippen MR) is 79.9 cm³/mol. The number of aromatic nitrogens is 2. The third-order valence-corrected chi connectivity index (χ3v) is 5.28. The average molecular weight is 290 g/mol. The fraction of sp³-hybridized carbons (Fsp3) is 0.571. The van der Waals surface area contributed by atoms with Crippen molar-refractivity contribution in [2.24, 2.45) is 0 Å². The van der Waals surface area contributed by atoms with Gasteiger partial charge in [-0.05, 0) is 19.4 Å². The van der Waals surface area contributed by atoms with E-state index in [2.05, 4.69) is 14.8 Å². The number of piperazine rings is 1. The fourth-order valence-corrected chi connectivity index (χ4v) is 4.20. The Morgan fingerprint density at radius 3 is 3.15 bits per heavy atom. The second-order valence-electron chi connectivity index (χ2n) is 5.63. The van der Waals surface area contributed by atoms with Crippen molar-refractivity contribution in [1.29, 1.82) is 0 Å². The van der Waals surface area contributed by atoms with Gasteiger partial charge in [-0.1, -0.05) is 6.42 Å². The Hall–Kier alpha value is -1.40. The Balaban J connectivity index is 1.65. The molecule has 0 spiro atoms. The standard InChI is InChI=1S/C14H18N4OS/c19-10-12-13(15-14-18(12)7-8-20-14)17-6-5-16-4-2-1-3-11(16)9-17/h7-8,10-11H,1-6,9H2. The van der Waals surface area contributed by atoms with E-state index in [-0.39, 0.29) is 0 Å². The van der Waals surface area contributed by atoms with Crippen molar-refractivity contribution in [3.05, 3.63) is 17.3 Å². The number of rotatable bonds is 2. The Morgan fingerprint density at radius 2 is 2.25 bits per heavy atom. The molecule has 2 aliphatic rings. The molecule has 2 aromatic rings. The number of nitrogens with zero attached hydrogens (tertiary/aromatic N) is 4. The molecule has 1 atom stereocenters. The first-order valence-corrected chi connectivity index (χ1v) is 8.14. The van der Waals surface area contributed by atoms with Crippen LogP contribution in [0.25, 0.3) is 4.96 Å². The molecule has 0 N–H and O–H groups in total. The third kappa shape index (κ3) is 1.86. The summed E-state index contributed by atoms with van der Waals surface area (Å²) in [7, 11) is 0. The Bertz CT molecular complexity index is 634. The van der Waals surface area contributed by atoms with Crippen LogP contribution in [-0.4, -0.2) is 52.8 Å².